The Labute approximate surface area is 281 Å². The molecule has 4 unspecified atom stereocenters. The number of rotatable bonds is 10. The molecular weight excluding hydrogens is 608 g/mol. The van der Waals surface area contributed by atoms with Crippen molar-refractivity contribution in [1.29, 1.82) is 0 Å². The Balaban J connectivity index is 1.14. The van der Waals surface area contributed by atoms with Gasteiger partial charge in [0, 0.05) is 11.8 Å². The number of carbonyl (C=O) groups excluding carboxylic acids is 2. The first kappa shape index (κ1) is 26.4. The molecular formula is C43H34N2O4. The van der Waals surface area contributed by atoms with Crippen molar-refractivity contribution < 1.29 is 19.1 Å². The summed E-state index contributed by atoms with van der Waals surface area (Å²) in [4.78, 5) is 29.0. The van der Waals surface area contributed by atoms with Gasteiger partial charge in [-0.25, -0.2) is 0 Å². The van der Waals surface area contributed by atoms with Crippen LogP contribution in [0.4, 0.5) is 0 Å². The zero-order valence-electron chi connectivity index (χ0n) is 27.2. The molecule has 6 nitrogen and oxygen atoms in total. The number of carbonyl (C=O) groups is 2. The average Bonchev–Trinajstić information content (AvgIpc) is 3.40. The molecule has 1 saturated carbocycles. The lowest BCUT2D eigenvalue weighted by Gasteiger charge is -2.21. The van der Waals surface area contributed by atoms with Gasteiger partial charge in [0.2, 0.25) is 0 Å². The van der Waals surface area contributed by atoms with Crippen LogP contribution in [0.15, 0.2) is 30.3 Å². The molecule has 0 amide bonds. The summed E-state index contributed by atoms with van der Waals surface area (Å²) in [5.74, 6) is -1.05. The van der Waals surface area contributed by atoms with E-state index in [1.165, 1.54) is 97.7 Å². The third kappa shape index (κ3) is 2.57. The second kappa shape index (κ2) is 8.26. The summed E-state index contributed by atoms with van der Waals surface area (Å²) in [7, 11) is 0. The van der Waals surface area contributed by atoms with Gasteiger partial charge in [0.25, 0.3) is 0 Å². The summed E-state index contributed by atoms with van der Waals surface area (Å²) in [6.45, 7) is 1.52. The molecule has 0 radical (unpaired) electrons. The smallest absolute Gasteiger partial charge is 0.324 e. The molecule has 0 heterocycles. The number of esters is 2. The van der Waals surface area contributed by atoms with Crippen LogP contribution in [0.1, 0.15) is 82.4 Å². The van der Waals surface area contributed by atoms with E-state index in [2.05, 4.69) is 30.3 Å². The Morgan fingerprint density at radius 3 is 1.94 bits per heavy atom. The maximum Gasteiger partial charge on any atom is 0.324 e. The quantitative estimate of drug-likeness (QED) is 0.0700. The first-order valence-corrected chi connectivity index (χ1v) is 18.4. The van der Waals surface area contributed by atoms with E-state index in [0.29, 0.717) is 25.4 Å². The molecule has 0 spiro atoms. The lowest BCUT2D eigenvalue weighted by molar-refractivity contribution is -0.165. The molecule has 0 saturated heterocycles. The molecule has 0 aromatic heterocycles. The average molecular weight is 643 g/mol. The number of nitrogens with two attached hydrogens (primary N) is 2. The minimum atomic E-state index is -1.40. The first-order valence-electron chi connectivity index (χ1n) is 18.4. The van der Waals surface area contributed by atoms with Crippen LogP contribution in [0.2, 0.25) is 0 Å². The van der Waals surface area contributed by atoms with Gasteiger partial charge in [0.1, 0.15) is 0 Å². The van der Waals surface area contributed by atoms with Gasteiger partial charge in [-0.3, -0.25) is 9.59 Å². The topological polar surface area (TPSA) is 105 Å². The minimum Gasteiger partial charge on any atom is -0.465 e. The van der Waals surface area contributed by atoms with E-state index in [1.807, 2.05) is 0 Å². The highest BCUT2D eigenvalue weighted by molar-refractivity contribution is 6.55. The Bertz CT molecular complexity index is 2850. The van der Waals surface area contributed by atoms with Crippen LogP contribution in [-0.4, -0.2) is 38.2 Å². The van der Waals surface area contributed by atoms with E-state index in [4.69, 9.17) is 20.9 Å². The van der Waals surface area contributed by atoms with Crippen molar-refractivity contribution in [3.8, 4) is 0 Å². The molecule has 8 aromatic rings. The maximum atomic E-state index is 14.5. The minimum absolute atomic E-state index is 0.203. The highest BCUT2D eigenvalue weighted by Gasteiger charge is 2.79. The van der Waals surface area contributed by atoms with Gasteiger partial charge in [0.05, 0.1) is 13.2 Å². The summed E-state index contributed by atoms with van der Waals surface area (Å²) >= 11 is 0. The largest absolute Gasteiger partial charge is 0.465 e. The fraction of sp³-hybridized carbons (Fsp3) is 0.349. The van der Waals surface area contributed by atoms with E-state index < -0.39 is 17.4 Å². The van der Waals surface area contributed by atoms with E-state index in [1.54, 1.807) is 5.56 Å². The SMILES string of the molecule is NCCCCCOC(=O)C1(C(=O)OCCCN)C2c3cc4c5c6c7c8c(ccc9cc%10c%11c%12c(cc(c%13c3c5c(c%13%12)c7c%11c98)C21)C%10)CC6C4. The standard InChI is InChI=1S/C43H34N2O4/c44-7-2-1-3-9-48-41(46)43(42(47)49-10-4-8-45)39-23-15-21-13-19-11-17-5-6-18-12-20-14-22-16-24(40(39)43)32-31(23)35-29(21)27(19)33-25(17)26(18)34-28(20)30(22)36(32)38(35)37(33)34/h5-6,11,15-16,20,39-40H,1-4,7-10,12-14,44-45H2. The molecule has 49 heavy (non-hydrogen) atoms. The predicted octanol–water partition coefficient (Wildman–Crippen LogP) is 7.36. The normalized spacial score (nSPS) is 23.8. The second-order valence-corrected chi connectivity index (χ2v) is 15.9. The lowest BCUT2D eigenvalue weighted by Crippen LogP contribution is -2.33. The molecule has 4 N–H and O–H groups in total. The lowest BCUT2D eigenvalue weighted by atomic mass is 9.82. The van der Waals surface area contributed by atoms with Crippen LogP contribution < -0.4 is 11.5 Å². The van der Waals surface area contributed by atoms with Crippen LogP contribution in [0.25, 0.3) is 75.4 Å². The molecule has 240 valence electrons. The molecule has 5 aliphatic rings. The van der Waals surface area contributed by atoms with Gasteiger partial charge in [-0.05, 0) is 178 Å². The summed E-state index contributed by atoms with van der Waals surface area (Å²) in [6.07, 6.45) is 5.99. The Hall–Kier alpha value is -4.52. The van der Waals surface area contributed by atoms with Gasteiger partial charge < -0.3 is 20.9 Å². The molecule has 0 aliphatic heterocycles. The highest BCUT2D eigenvalue weighted by atomic mass is 16.6. The van der Waals surface area contributed by atoms with Crippen molar-refractivity contribution in [3.05, 3.63) is 69.3 Å². The number of ether oxygens (including phenoxy) is 2. The Morgan fingerprint density at radius 1 is 0.592 bits per heavy atom. The third-order valence-electron chi connectivity index (χ3n) is 13.8. The van der Waals surface area contributed by atoms with Crippen LogP contribution in [0, 0.1) is 5.41 Å². The maximum absolute atomic E-state index is 14.5. The molecule has 13 rings (SSSR count). The van der Waals surface area contributed by atoms with E-state index in [9.17, 15) is 9.59 Å². The van der Waals surface area contributed by atoms with Gasteiger partial charge in [0.15, 0.2) is 5.41 Å². The predicted molar refractivity (Wildman–Crippen MR) is 193 cm³/mol. The second-order valence-electron chi connectivity index (χ2n) is 15.9. The van der Waals surface area contributed by atoms with Crippen molar-refractivity contribution in [2.24, 2.45) is 16.9 Å². The third-order valence-corrected chi connectivity index (χ3v) is 13.8. The van der Waals surface area contributed by atoms with Crippen molar-refractivity contribution >= 4 is 87.3 Å². The molecule has 6 heteroatoms. The summed E-state index contributed by atoms with van der Waals surface area (Å²) in [5, 5.41) is 19.9. The van der Waals surface area contributed by atoms with Crippen molar-refractivity contribution in [1.82, 2.24) is 0 Å². The molecule has 5 aliphatic carbocycles. The monoisotopic (exact) mass is 642 g/mol. The first-order chi connectivity index (χ1) is 24.1. The number of fused-ring (bicyclic) bond motifs is 3. The molecule has 1 fully saturated rings. The number of unbranched alkanes of at least 4 members (excludes halogenated alkanes) is 2. The van der Waals surface area contributed by atoms with Gasteiger partial charge in [-0.15, -0.1) is 0 Å². The van der Waals surface area contributed by atoms with Crippen molar-refractivity contribution in [2.45, 2.75) is 62.7 Å². The van der Waals surface area contributed by atoms with Crippen molar-refractivity contribution in [2.75, 3.05) is 26.3 Å². The Morgan fingerprint density at radius 2 is 1.18 bits per heavy atom. The van der Waals surface area contributed by atoms with Crippen LogP contribution in [0.3, 0.4) is 0 Å². The fourth-order valence-corrected chi connectivity index (χ4v) is 12.3. The van der Waals surface area contributed by atoms with E-state index in [-0.39, 0.29) is 25.0 Å². The van der Waals surface area contributed by atoms with Crippen LogP contribution in [-0.2, 0) is 38.3 Å². The fourth-order valence-electron chi connectivity index (χ4n) is 12.3. The molecule has 4 atom stereocenters. The number of hydrogen-bond acceptors (Lipinski definition) is 6. The zero-order chi connectivity index (χ0) is 32.2. The Kier molecular flexibility index (Phi) is 4.44. The van der Waals surface area contributed by atoms with E-state index in [0.717, 1.165) is 49.7 Å². The van der Waals surface area contributed by atoms with Gasteiger partial charge in [-0.2, -0.15) is 0 Å². The van der Waals surface area contributed by atoms with Crippen molar-refractivity contribution in [3.63, 3.8) is 0 Å². The molecule has 8 aromatic carbocycles. The summed E-state index contributed by atoms with van der Waals surface area (Å²) in [6, 6.07) is 12.0. The highest BCUT2D eigenvalue weighted by Crippen LogP contribution is 2.77. The van der Waals surface area contributed by atoms with Crippen LogP contribution in [0.5, 0.6) is 0 Å². The van der Waals surface area contributed by atoms with Gasteiger partial charge in [-0.1, -0.05) is 30.3 Å². The summed E-state index contributed by atoms with van der Waals surface area (Å²) in [5.41, 5.74) is 19.6. The zero-order valence-corrected chi connectivity index (χ0v) is 27.2. The van der Waals surface area contributed by atoms with Gasteiger partial charge >= 0.3 is 11.9 Å². The number of hydrogen-bond donors (Lipinski definition) is 2. The van der Waals surface area contributed by atoms with Crippen LogP contribution >= 0.6 is 0 Å². The number of benzene rings is 6. The molecule has 0 bridgehead atoms. The summed E-state index contributed by atoms with van der Waals surface area (Å²) < 4.78 is 12.0. The van der Waals surface area contributed by atoms with E-state index >= 15 is 0 Å².